The predicted octanol–water partition coefficient (Wildman–Crippen LogP) is 2.45. The Morgan fingerprint density at radius 2 is 2.06 bits per heavy atom. The molecule has 0 aliphatic carbocycles. The molecule has 0 bridgehead atoms. The van der Waals surface area contributed by atoms with Gasteiger partial charge in [0.2, 0.25) is 0 Å². The third-order valence-electron chi connectivity index (χ3n) is 2.67. The van der Waals surface area contributed by atoms with E-state index < -0.39 is 0 Å². The van der Waals surface area contributed by atoms with Gasteiger partial charge in [-0.3, -0.25) is 9.88 Å². The summed E-state index contributed by atoms with van der Waals surface area (Å²) in [5, 5.41) is 0. The maximum atomic E-state index is 5.70. The molecule has 3 nitrogen and oxygen atoms in total. The summed E-state index contributed by atoms with van der Waals surface area (Å²) < 4.78 is 6.73. The van der Waals surface area contributed by atoms with E-state index in [1.807, 2.05) is 12.3 Å². The molecule has 2 heterocycles. The Balaban J connectivity index is 1.96. The number of aromatic nitrogens is 1. The third-order valence-corrected chi connectivity index (χ3v) is 3.14. The Hall–Kier alpha value is -0.450. The summed E-state index contributed by atoms with van der Waals surface area (Å²) in [4.78, 5) is 6.79. The van der Waals surface area contributed by atoms with Crippen LogP contribution < -0.4 is 0 Å². The third kappa shape index (κ3) is 3.27. The predicted molar refractivity (Wildman–Crippen MR) is 67.2 cm³/mol. The van der Waals surface area contributed by atoms with Crippen LogP contribution in [-0.4, -0.2) is 35.2 Å². The molecule has 4 heteroatoms. The van der Waals surface area contributed by atoms with E-state index in [9.17, 15) is 0 Å². The fourth-order valence-electron chi connectivity index (χ4n) is 2.14. The van der Waals surface area contributed by atoms with E-state index in [2.05, 4.69) is 45.7 Å². The van der Waals surface area contributed by atoms with Gasteiger partial charge in [-0.15, -0.1) is 0 Å². The highest BCUT2D eigenvalue weighted by molar-refractivity contribution is 9.10. The van der Waals surface area contributed by atoms with Gasteiger partial charge in [0.25, 0.3) is 0 Å². The van der Waals surface area contributed by atoms with E-state index in [0.717, 1.165) is 29.8 Å². The van der Waals surface area contributed by atoms with Crippen molar-refractivity contribution < 1.29 is 4.74 Å². The van der Waals surface area contributed by atoms with E-state index in [4.69, 9.17) is 4.74 Å². The van der Waals surface area contributed by atoms with Gasteiger partial charge in [0.1, 0.15) is 0 Å². The fraction of sp³-hybridized carbons (Fsp3) is 0.583. The van der Waals surface area contributed by atoms with Gasteiger partial charge in [-0.1, -0.05) is 0 Å². The van der Waals surface area contributed by atoms with Crippen molar-refractivity contribution in [2.75, 3.05) is 13.1 Å². The van der Waals surface area contributed by atoms with Crippen molar-refractivity contribution in [2.45, 2.75) is 32.6 Å². The van der Waals surface area contributed by atoms with Gasteiger partial charge in [0.15, 0.2) is 0 Å². The van der Waals surface area contributed by atoms with E-state index in [0.29, 0.717) is 12.2 Å². The number of hydrogen-bond acceptors (Lipinski definition) is 3. The number of ether oxygens (including phenoxy) is 1. The van der Waals surface area contributed by atoms with Crippen LogP contribution in [0.15, 0.2) is 22.8 Å². The molecule has 2 unspecified atom stereocenters. The highest BCUT2D eigenvalue weighted by Crippen LogP contribution is 2.14. The zero-order chi connectivity index (χ0) is 11.5. The number of halogens is 1. The van der Waals surface area contributed by atoms with Gasteiger partial charge < -0.3 is 4.74 Å². The maximum absolute atomic E-state index is 5.70. The Morgan fingerprint density at radius 1 is 1.38 bits per heavy atom. The van der Waals surface area contributed by atoms with Gasteiger partial charge in [-0.05, 0) is 41.9 Å². The second-order valence-corrected chi connectivity index (χ2v) is 5.33. The van der Waals surface area contributed by atoms with Crippen LogP contribution in [0, 0.1) is 0 Å². The molecule has 1 aliphatic heterocycles. The van der Waals surface area contributed by atoms with Crippen molar-refractivity contribution in [2.24, 2.45) is 0 Å². The summed E-state index contributed by atoms with van der Waals surface area (Å²) in [6.45, 7) is 7.13. The van der Waals surface area contributed by atoms with Crippen molar-refractivity contribution >= 4 is 15.9 Å². The summed E-state index contributed by atoms with van der Waals surface area (Å²) in [5.74, 6) is 0. The minimum absolute atomic E-state index is 0.319. The van der Waals surface area contributed by atoms with Gasteiger partial charge in [0.05, 0.1) is 17.9 Å². The fourth-order valence-corrected chi connectivity index (χ4v) is 2.38. The van der Waals surface area contributed by atoms with Gasteiger partial charge in [0, 0.05) is 30.3 Å². The summed E-state index contributed by atoms with van der Waals surface area (Å²) in [6.07, 6.45) is 2.49. The number of morpholine rings is 1. The average molecular weight is 285 g/mol. The molecule has 1 aliphatic rings. The van der Waals surface area contributed by atoms with Gasteiger partial charge >= 0.3 is 0 Å². The van der Waals surface area contributed by atoms with Crippen LogP contribution in [-0.2, 0) is 11.3 Å². The first-order valence-electron chi connectivity index (χ1n) is 5.61. The van der Waals surface area contributed by atoms with Crippen LogP contribution in [0.2, 0.25) is 0 Å². The van der Waals surface area contributed by atoms with E-state index >= 15 is 0 Å². The zero-order valence-corrected chi connectivity index (χ0v) is 11.3. The normalized spacial score (nSPS) is 26.9. The Bertz CT molecular complexity index is 331. The Labute approximate surface area is 105 Å². The van der Waals surface area contributed by atoms with Crippen LogP contribution in [0.1, 0.15) is 19.5 Å². The Kier molecular flexibility index (Phi) is 3.95. The van der Waals surface area contributed by atoms with E-state index in [-0.39, 0.29) is 0 Å². The molecule has 0 amide bonds. The first-order valence-corrected chi connectivity index (χ1v) is 6.41. The molecule has 2 atom stereocenters. The molecule has 0 radical (unpaired) electrons. The molecule has 1 aromatic rings. The molecule has 1 fully saturated rings. The number of nitrogens with zero attached hydrogens (tertiary/aromatic N) is 2. The molecule has 1 aromatic heterocycles. The van der Waals surface area contributed by atoms with Crippen molar-refractivity contribution in [3.63, 3.8) is 0 Å². The summed E-state index contributed by atoms with van der Waals surface area (Å²) in [7, 11) is 0. The molecule has 0 spiro atoms. The molecule has 0 aromatic carbocycles. The molecule has 1 saturated heterocycles. The first-order chi connectivity index (χ1) is 7.63. The average Bonchev–Trinajstić information content (AvgIpc) is 2.20. The topological polar surface area (TPSA) is 25.4 Å². The molecular formula is C12H17BrN2O. The molecule has 2 rings (SSSR count). The molecule has 0 N–H and O–H groups in total. The lowest BCUT2D eigenvalue weighted by molar-refractivity contribution is -0.0707. The molecule has 88 valence electrons. The van der Waals surface area contributed by atoms with Crippen LogP contribution in [0.4, 0.5) is 0 Å². The van der Waals surface area contributed by atoms with Crippen molar-refractivity contribution in [1.82, 2.24) is 9.88 Å². The number of hydrogen-bond donors (Lipinski definition) is 0. The smallest absolute Gasteiger partial charge is 0.0678 e. The van der Waals surface area contributed by atoms with E-state index in [1.54, 1.807) is 0 Å². The number of pyridine rings is 1. The summed E-state index contributed by atoms with van der Waals surface area (Å²) in [6, 6.07) is 4.10. The van der Waals surface area contributed by atoms with E-state index in [1.165, 1.54) is 0 Å². The SMILES string of the molecule is CC1CN(Cc2ccc(Br)cn2)CC(C)O1. The van der Waals surface area contributed by atoms with Crippen LogP contribution >= 0.6 is 15.9 Å². The monoisotopic (exact) mass is 284 g/mol. The Morgan fingerprint density at radius 3 is 2.62 bits per heavy atom. The van der Waals surface area contributed by atoms with Crippen molar-refractivity contribution in [3.8, 4) is 0 Å². The van der Waals surface area contributed by atoms with Crippen LogP contribution in [0.25, 0.3) is 0 Å². The van der Waals surface area contributed by atoms with Crippen LogP contribution in [0.3, 0.4) is 0 Å². The zero-order valence-electron chi connectivity index (χ0n) is 9.69. The second-order valence-electron chi connectivity index (χ2n) is 4.42. The second kappa shape index (κ2) is 5.25. The standard InChI is InChI=1S/C12H17BrN2O/c1-9-6-15(7-10(2)16-9)8-12-4-3-11(13)5-14-12/h3-5,9-10H,6-8H2,1-2H3. The number of rotatable bonds is 2. The quantitative estimate of drug-likeness (QED) is 0.834. The summed E-state index contributed by atoms with van der Waals surface area (Å²) in [5.41, 5.74) is 1.12. The lowest BCUT2D eigenvalue weighted by Gasteiger charge is -2.35. The first kappa shape index (κ1) is 12.0. The van der Waals surface area contributed by atoms with Gasteiger partial charge in [-0.2, -0.15) is 0 Å². The highest BCUT2D eigenvalue weighted by atomic mass is 79.9. The van der Waals surface area contributed by atoms with Crippen LogP contribution in [0.5, 0.6) is 0 Å². The van der Waals surface area contributed by atoms with Gasteiger partial charge in [-0.25, -0.2) is 0 Å². The largest absolute Gasteiger partial charge is 0.373 e. The minimum atomic E-state index is 0.319. The highest BCUT2D eigenvalue weighted by Gasteiger charge is 2.22. The molecule has 16 heavy (non-hydrogen) atoms. The van der Waals surface area contributed by atoms with Crippen molar-refractivity contribution in [1.29, 1.82) is 0 Å². The lowest BCUT2D eigenvalue weighted by atomic mass is 10.2. The lowest BCUT2D eigenvalue weighted by Crippen LogP contribution is -2.44. The molecular weight excluding hydrogens is 268 g/mol. The molecule has 0 saturated carbocycles. The summed E-state index contributed by atoms with van der Waals surface area (Å²) >= 11 is 3.39. The van der Waals surface area contributed by atoms with Crippen molar-refractivity contribution in [3.05, 3.63) is 28.5 Å². The minimum Gasteiger partial charge on any atom is -0.373 e. The maximum Gasteiger partial charge on any atom is 0.0678 e.